The van der Waals surface area contributed by atoms with Crippen molar-refractivity contribution in [2.24, 2.45) is 0 Å². The Hall–Kier alpha value is -3.00. The molecule has 0 aliphatic carbocycles. The third kappa shape index (κ3) is 3.33. The molecule has 1 fully saturated rings. The van der Waals surface area contributed by atoms with Gasteiger partial charge in [0.25, 0.3) is 0 Å². The number of rotatable bonds is 2. The maximum Gasteiger partial charge on any atom is 0.347 e. The van der Waals surface area contributed by atoms with E-state index in [-0.39, 0.29) is 11.1 Å². The lowest BCUT2D eigenvalue weighted by atomic mass is 10.0. The molecule has 1 atom stereocenters. The van der Waals surface area contributed by atoms with Crippen LogP contribution in [0.25, 0.3) is 0 Å². The van der Waals surface area contributed by atoms with Crippen molar-refractivity contribution in [2.75, 3.05) is 13.2 Å². The van der Waals surface area contributed by atoms with Crippen LogP contribution in [0.3, 0.4) is 0 Å². The van der Waals surface area contributed by atoms with Crippen molar-refractivity contribution in [3.05, 3.63) is 47.5 Å². The van der Waals surface area contributed by atoms with Gasteiger partial charge in [-0.15, -0.1) is 0 Å². The normalized spacial score (nSPS) is 22.6. The zero-order chi connectivity index (χ0) is 17.1. The number of furan rings is 1. The molecule has 0 N–H and O–H groups in total. The molecule has 0 aromatic carbocycles. The molecule has 124 valence electrons. The number of ether oxygens (including phenoxy) is 3. The highest BCUT2D eigenvalue weighted by atomic mass is 16.6. The molecule has 1 unspecified atom stereocenters. The third-order valence-corrected chi connectivity index (χ3v) is 3.59. The monoisotopic (exact) mass is 332 g/mol. The molecule has 0 spiro atoms. The van der Waals surface area contributed by atoms with Crippen LogP contribution in [-0.4, -0.2) is 37.1 Å². The van der Waals surface area contributed by atoms with E-state index in [1.807, 2.05) is 6.07 Å². The number of carbonyl (C=O) groups excluding carboxylic acids is 4. The van der Waals surface area contributed by atoms with Crippen LogP contribution < -0.4 is 0 Å². The first kappa shape index (κ1) is 15.9. The van der Waals surface area contributed by atoms with Crippen molar-refractivity contribution in [3.8, 4) is 0 Å². The number of esters is 4. The van der Waals surface area contributed by atoms with Gasteiger partial charge in [-0.05, 0) is 18.1 Å². The van der Waals surface area contributed by atoms with Crippen LogP contribution in [-0.2, 0) is 33.4 Å². The lowest BCUT2D eigenvalue weighted by molar-refractivity contribution is -0.153. The fraction of sp³-hybridized carbons (Fsp3) is 0.250. The van der Waals surface area contributed by atoms with Gasteiger partial charge >= 0.3 is 23.9 Å². The van der Waals surface area contributed by atoms with Crippen LogP contribution in [0.15, 0.2) is 46.3 Å². The molecule has 8 nitrogen and oxygen atoms in total. The first-order chi connectivity index (χ1) is 11.5. The van der Waals surface area contributed by atoms with Gasteiger partial charge in [0, 0.05) is 24.7 Å². The predicted molar refractivity (Wildman–Crippen MR) is 75.2 cm³/mol. The number of hydrogen-bond donors (Lipinski definition) is 0. The molecule has 0 radical (unpaired) electrons. The Bertz CT molecular complexity index is 705. The van der Waals surface area contributed by atoms with Crippen LogP contribution in [0.4, 0.5) is 0 Å². The first-order valence-corrected chi connectivity index (χ1v) is 7.10. The van der Waals surface area contributed by atoms with Gasteiger partial charge in [-0.3, -0.25) is 0 Å². The summed E-state index contributed by atoms with van der Waals surface area (Å²) in [5.74, 6) is -3.05. The summed E-state index contributed by atoms with van der Waals surface area (Å²) in [4.78, 5) is 43.2. The Morgan fingerprint density at radius 2 is 1.54 bits per heavy atom. The van der Waals surface area contributed by atoms with Crippen LogP contribution in [0.2, 0.25) is 0 Å². The molecule has 3 aliphatic rings. The smallest absolute Gasteiger partial charge is 0.347 e. The summed E-state index contributed by atoms with van der Waals surface area (Å²) in [6.45, 7) is 1.76. The van der Waals surface area contributed by atoms with E-state index < -0.39 is 23.9 Å². The SMILES string of the molecule is O=C1C=C(C2=CC(=O)OC2=O)C(=O)O1.c1cc(C2CCOC2)co1. The molecule has 8 heteroatoms. The summed E-state index contributed by atoms with van der Waals surface area (Å²) in [5.41, 5.74) is 0.786. The molecule has 1 aromatic heterocycles. The molecule has 3 aliphatic heterocycles. The van der Waals surface area contributed by atoms with E-state index in [0.29, 0.717) is 5.92 Å². The number of cyclic esters (lactones) is 4. The first-order valence-electron chi connectivity index (χ1n) is 7.10. The lowest BCUT2D eigenvalue weighted by Gasteiger charge is -2.00. The average Bonchev–Trinajstić information content (AvgIpc) is 3.29. The minimum absolute atomic E-state index is 0.245. The fourth-order valence-electron chi connectivity index (χ4n) is 2.39. The van der Waals surface area contributed by atoms with Crippen LogP contribution in [0.1, 0.15) is 17.9 Å². The molecular formula is C16H12O8. The highest BCUT2D eigenvalue weighted by Crippen LogP contribution is 2.25. The van der Waals surface area contributed by atoms with Crippen LogP contribution >= 0.6 is 0 Å². The molecule has 24 heavy (non-hydrogen) atoms. The average molecular weight is 332 g/mol. The van der Waals surface area contributed by atoms with E-state index in [9.17, 15) is 19.2 Å². The third-order valence-electron chi connectivity index (χ3n) is 3.59. The van der Waals surface area contributed by atoms with E-state index in [0.717, 1.165) is 31.8 Å². The standard InChI is InChI=1S/C8H2O6.C8H10O2/c9-5-1-3(7(11)13-5)4-2-6(10)14-8(4)12;1-3-9-5-7(1)8-2-4-10-6-8/h1-2H;1,3,5,8H,2,4,6H2. The summed E-state index contributed by atoms with van der Waals surface area (Å²) in [6, 6.07) is 2.01. The highest BCUT2D eigenvalue weighted by molar-refractivity contribution is 6.22. The second-order valence-corrected chi connectivity index (χ2v) is 5.15. The van der Waals surface area contributed by atoms with Crippen LogP contribution in [0.5, 0.6) is 0 Å². The van der Waals surface area contributed by atoms with Crippen LogP contribution in [0, 0.1) is 0 Å². The van der Waals surface area contributed by atoms with Gasteiger partial charge < -0.3 is 18.6 Å². The Kier molecular flexibility index (Phi) is 4.39. The van der Waals surface area contributed by atoms with Crippen molar-refractivity contribution in [1.29, 1.82) is 0 Å². The number of carbonyl (C=O) groups is 4. The fourth-order valence-corrected chi connectivity index (χ4v) is 2.39. The predicted octanol–water partition coefficient (Wildman–Crippen LogP) is 0.789. The van der Waals surface area contributed by atoms with Crippen molar-refractivity contribution < 1.29 is 37.8 Å². The minimum Gasteiger partial charge on any atom is -0.472 e. The molecule has 1 aromatic rings. The summed E-state index contributed by atoms with van der Waals surface area (Å²) in [7, 11) is 0. The molecular weight excluding hydrogens is 320 g/mol. The van der Waals surface area contributed by atoms with Crippen molar-refractivity contribution in [1.82, 2.24) is 0 Å². The van der Waals surface area contributed by atoms with E-state index >= 15 is 0 Å². The summed E-state index contributed by atoms with van der Waals surface area (Å²) in [6.07, 6.45) is 6.34. The van der Waals surface area contributed by atoms with Crippen molar-refractivity contribution in [3.63, 3.8) is 0 Å². The van der Waals surface area contributed by atoms with Gasteiger partial charge in [0.05, 0.1) is 30.3 Å². The zero-order valence-corrected chi connectivity index (χ0v) is 12.4. The molecule has 0 bridgehead atoms. The molecule has 4 rings (SSSR count). The van der Waals surface area contributed by atoms with Gasteiger partial charge in [-0.1, -0.05) is 0 Å². The zero-order valence-electron chi connectivity index (χ0n) is 12.4. The number of hydrogen-bond acceptors (Lipinski definition) is 8. The van der Waals surface area contributed by atoms with Crippen molar-refractivity contribution in [2.45, 2.75) is 12.3 Å². The Morgan fingerprint density at radius 3 is 1.92 bits per heavy atom. The Balaban J connectivity index is 0.000000149. The topological polar surface area (TPSA) is 109 Å². The largest absolute Gasteiger partial charge is 0.472 e. The second-order valence-electron chi connectivity index (χ2n) is 5.15. The molecule has 0 saturated carbocycles. The molecule has 0 amide bonds. The molecule has 1 saturated heterocycles. The van der Waals surface area contributed by atoms with Gasteiger partial charge in [0.1, 0.15) is 0 Å². The minimum atomic E-state index is -0.951. The van der Waals surface area contributed by atoms with Gasteiger partial charge in [-0.2, -0.15) is 0 Å². The quantitative estimate of drug-likeness (QED) is 0.577. The van der Waals surface area contributed by atoms with Crippen molar-refractivity contribution >= 4 is 23.9 Å². The maximum atomic E-state index is 11.0. The van der Waals surface area contributed by atoms with E-state index in [2.05, 4.69) is 9.47 Å². The van der Waals surface area contributed by atoms with Gasteiger partial charge in [0.15, 0.2) is 0 Å². The highest BCUT2D eigenvalue weighted by Gasteiger charge is 2.35. The lowest BCUT2D eigenvalue weighted by Crippen LogP contribution is -2.08. The Labute approximate surface area is 135 Å². The van der Waals surface area contributed by atoms with E-state index in [4.69, 9.17) is 9.15 Å². The molecule has 4 heterocycles. The summed E-state index contributed by atoms with van der Waals surface area (Å²) >= 11 is 0. The Morgan fingerprint density at radius 1 is 0.917 bits per heavy atom. The van der Waals surface area contributed by atoms with Gasteiger partial charge in [0.2, 0.25) is 0 Å². The maximum absolute atomic E-state index is 11.0. The van der Waals surface area contributed by atoms with Gasteiger partial charge in [-0.25, -0.2) is 19.2 Å². The second kappa shape index (κ2) is 6.63. The summed E-state index contributed by atoms with van der Waals surface area (Å²) < 4.78 is 18.5. The van der Waals surface area contributed by atoms with E-state index in [1.165, 1.54) is 5.56 Å². The summed E-state index contributed by atoms with van der Waals surface area (Å²) in [5, 5.41) is 0. The van der Waals surface area contributed by atoms with E-state index in [1.54, 1.807) is 12.5 Å².